The van der Waals surface area contributed by atoms with Crippen molar-refractivity contribution in [1.82, 2.24) is 24.8 Å². The fraction of sp³-hybridized carbons (Fsp3) is 0.286. The van der Waals surface area contributed by atoms with E-state index in [1.54, 1.807) is 16.2 Å². The van der Waals surface area contributed by atoms with Gasteiger partial charge in [0, 0.05) is 27.9 Å². The van der Waals surface area contributed by atoms with Gasteiger partial charge < -0.3 is 21.0 Å². The predicted molar refractivity (Wildman–Crippen MR) is 130 cm³/mol. The number of carbonyl (C=O) groups is 3. The number of nitrogens with one attached hydrogen (secondary N) is 1. The van der Waals surface area contributed by atoms with Crippen LogP contribution in [0.3, 0.4) is 0 Å². The molecular weight excluding hydrogens is 508 g/mol. The Bertz CT molecular complexity index is 1460. The maximum atomic E-state index is 13.0. The van der Waals surface area contributed by atoms with Crippen LogP contribution in [0.4, 0.5) is 5.13 Å². The zero-order chi connectivity index (χ0) is 25.6. The number of fused-ring (bicyclic) bond motifs is 2. The van der Waals surface area contributed by atoms with Crippen molar-refractivity contribution >= 4 is 57.4 Å². The Hall–Kier alpha value is -3.98. The van der Waals surface area contributed by atoms with E-state index in [0.717, 1.165) is 22.5 Å². The largest absolute Gasteiger partial charge is 0.477 e. The summed E-state index contributed by atoms with van der Waals surface area (Å²) in [7, 11) is 1.28. The van der Waals surface area contributed by atoms with E-state index >= 15 is 0 Å². The molecule has 13 nitrogen and oxygen atoms in total. The third-order valence-corrected chi connectivity index (χ3v) is 7.75. The van der Waals surface area contributed by atoms with Crippen LogP contribution in [-0.2, 0) is 25.8 Å². The summed E-state index contributed by atoms with van der Waals surface area (Å²) in [5, 5.41) is 21.9. The van der Waals surface area contributed by atoms with Gasteiger partial charge >= 0.3 is 5.97 Å². The van der Waals surface area contributed by atoms with Gasteiger partial charge in [0.25, 0.3) is 23.8 Å². The maximum Gasteiger partial charge on any atom is 0.352 e. The summed E-state index contributed by atoms with van der Waals surface area (Å²) in [4.78, 5) is 48.2. The van der Waals surface area contributed by atoms with Gasteiger partial charge in [-0.3, -0.25) is 14.5 Å². The first kappa shape index (κ1) is 23.7. The summed E-state index contributed by atoms with van der Waals surface area (Å²) >= 11 is 2.51. The van der Waals surface area contributed by atoms with Crippen molar-refractivity contribution in [3.63, 3.8) is 0 Å². The number of carbonyl (C=O) groups excluding carboxylic acids is 2. The van der Waals surface area contributed by atoms with Gasteiger partial charge in [0.2, 0.25) is 0 Å². The topological polar surface area (TPSA) is 168 Å². The number of aromatic nitrogens is 4. The van der Waals surface area contributed by atoms with E-state index in [9.17, 15) is 19.5 Å². The number of aryl methyl sites for hydroxylation is 1. The van der Waals surface area contributed by atoms with Crippen molar-refractivity contribution in [3.05, 3.63) is 52.6 Å². The Balaban J connectivity index is 1.38. The molecular formula is C21H21N8O5S2+. The number of rotatable bonds is 7. The van der Waals surface area contributed by atoms with Crippen LogP contribution < -0.4 is 15.6 Å². The molecule has 0 unspecified atom stereocenters. The van der Waals surface area contributed by atoms with Gasteiger partial charge in [-0.05, 0) is 18.6 Å². The minimum Gasteiger partial charge on any atom is -0.477 e. The molecule has 2 aliphatic rings. The van der Waals surface area contributed by atoms with E-state index in [1.807, 2.05) is 29.8 Å². The van der Waals surface area contributed by atoms with Gasteiger partial charge in [-0.15, -0.1) is 23.1 Å². The summed E-state index contributed by atoms with van der Waals surface area (Å²) in [6, 6.07) is 2.94. The second-order valence-corrected chi connectivity index (χ2v) is 10.1. The number of hydrogen-bond acceptors (Lipinski definition) is 10. The van der Waals surface area contributed by atoms with Gasteiger partial charge in [0.05, 0.1) is 6.54 Å². The zero-order valence-electron chi connectivity index (χ0n) is 19.1. The van der Waals surface area contributed by atoms with E-state index in [2.05, 4.69) is 20.6 Å². The number of pyridine rings is 1. The summed E-state index contributed by atoms with van der Waals surface area (Å²) in [5.74, 6) is -2.04. The van der Waals surface area contributed by atoms with Gasteiger partial charge in [-0.1, -0.05) is 9.67 Å². The molecule has 0 spiro atoms. The molecule has 186 valence electrons. The Morgan fingerprint density at radius 2 is 2.25 bits per heavy atom. The number of aliphatic carboxylic acids is 1. The third kappa shape index (κ3) is 4.05. The van der Waals surface area contributed by atoms with Crippen molar-refractivity contribution in [2.75, 3.05) is 18.6 Å². The van der Waals surface area contributed by atoms with Crippen LogP contribution in [0.2, 0.25) is 0 Å². The number of amides is 2. The average Bonchev–Trinajstić information content (AvgIpc) is 3.46. The van der Waals surface area contributed by atoms with Crippen LogP contribution >= 0.6 is 23.1 Å². The van der Waals surface area contributed by atoms with Crippen molar-refractivity contribution in [1.29, 1.82) is 0 Å². The SMILES string of the molecule is CO/N=C(\C(=O)N[C@@H]1C(=O)N2C(C(=O)O)=C(C[n+]3cnn4ccc(C)cc43)CS[C@@H]12)c1csc(N)n1. The third-order valence-electron chi connectivity index (χ3n) is 5.74. The molecule has 0 aromatic carbocycles. The molecule has 1 saturated heterocycles. The minimum absolute atomic E-state index is 0.0770. The number of nitrogen functional groups attached to an aromatic ring is 1. The molecule has 2 amide bonds. The Labute approximate surface area is 212 Å². The number of oxime groups is 1. The number of carboxylic acids is 1. The Kier molecular flexibility index (Phi) is 6.09. The predicted octanol–water partition coefficient (Wildman–Crippen LogP) is -0.242. The number of thioether (sulfide) groups is 1. The summed E-state index contributed by atoms with van der Waals surface area (Å²) in [6.07, 6.45) is 3.45. The molecule has 0 saturated carbocycles. The molecule has 2 aliphatic heterocycles. The summed E-state index contributed by atoms with van der Waals surface area (Å²) in [6.45, 7) is 2.21. The van der Waals surface area contributed by atoms with E-state index in [0.29, 0.717) is 11.3 Å². The van der Waals surface area contributed by atoms with E-state index in [4.69, 9.17) is 10.6 Å². The summed E-state index contributed by atoms with van der Waals surface area (Å²) in [5.41, 5.74) is 8.06. The standard InChI is InChI=1S/C21H20N8O5S2/c1-10-3-4-28-13(5-10)27(9-23-28)6-11-7-35-19-15(18(31)29(19)16(11)20(32)33)25-17(30)14(26-34-2)12-8-36-21(22)24-12/h3-5,8-9,15,19H,6-7H2,1-2H3,(H3-,22,24,25,30,32,33)/p+1/b26-14-/t15-,19+/m1/s1. The normalized spacial score (nSPS) is 19.8. The van der Waals surface area contributed by atoms with Crippen LogP contribution in [-0.4, -0.2) is 72.4 Å². The molecule has 1 fully saturated rings. The van der Waals surface area contributed by atoms with Gasteiger partial charge in [-0.2, -0.15) is 0 Å². The van der Waals surface area contributed by atoms with Gasteiger partial charge in [0.1, 0.15) is 36.1 Å². The second-order valence-electron chi connectivity index (χ2n) is 8.08. The highest BCUT2D eigenvalue weighted by atomic mass is 32.2. The lowest BCUT2D eigenvalue weighted by Gasteiger charge is -2.49. The highest BCUT2D eigenvalue weighted by Gasteiger charge is 2.54. The first-order valence-electron chi connectivity index (χ1n) is 10.6. The van der Waals surface area contributed by atoms with Gasteiger partial charge in [0.15, 0.2) is 10.8 Å². The van der Waals surface area contributed by atoms with Crippen LogP contribution in [0.1, 0.15) is 11.3 Å². The monoisotopic (exact) mass is 529 g/mol. The fourth-order valence-corrected chi connectivity index (χ4v) is 5.99. The molecule has 5 rings (SSSR count). The lowest BCUT2D eigenvalue weighted by atomic mass is 10.0. The molecule has 36 heavy (non-hydrogen) atoms. The lowest BCUT2D eigenvalue weighted by molar-refractivity contribution is -0.664. The first-order valence-corrected chi connectivity index (χ1v) is 12.6. The highest BCUT2D eigenvalue weighted by molar-refractivity contribution is 8.00. The molecule has 2 atom stereocenters. The van der Waals surface area contributed by atoms with E-state index in [1.165, 1.54) is 23.8 Å². The number of nitrogens with two attached hydrogens (primary N) is 1. The highest BCUT2D eigenvalue weighted by Crippen LogP contribution is 2.40. The van der Waals surface area contributed by atoms with Crippen molar-refractivity contribution in [3.8, 4) is 0 Å². The lowest BCUT2D eigenvalue weighted by Crippen LogP contribution is -2.71. The number of hydrogen-bond donors (Lipinski definition) is 3. The Morgan fingerprint density at radius 1 is 1.44 bits per heavy atom. The number of carboxylic acid groups (broad SMARTS) is 1. The minimum atomic E-state index is -1.21. The number of thiazole rings is 1. The van der Waals surface area contributed by atoms with Crippen LogP contribution in [0.25, 0.3) is 5.65 Å². The number of β-lactam (4-membered cyclic amide) rings is 1. The molecule has 0 radical (unpaired) electrons. The molecule has 3 aromatic rings. The van der Waals surface area contributed by atoms with Crippen molar-refractivity contribution < 1.29 is 28.9 Å². The smallest absolute Gasteiger partial charge is 0.352 e. The molecule has 0 aliphatic carbocycles. The fourth-order valence-electron chi connectivity index (χ4n) is 4.11. The van der Waals surface area contributed by atoms with Crippen LogP contribution in [0, 0.1) is 6.92 Å². The molecule has 4 N–H and O–H groups in total. The molecule has 3 aromatic heterocycles. The quantitative estimate of drug-likeness (QED) is 0.162. The van der Waals surface area contributed by atoms with Gasteiger partial charge in [-0.25, -0.2) is 14.3 Å². The molecule has 0 bridgehead atoms. The zero-order valence-corrected chi connectivity index (χ0v) is 20.7. The van der Waals surface area contributed by atoms with E-state index < -0.39 is 29.2 Å². The average molecular weight is 530 g/mol. The first-order chi connectivity index (χ1) is 17.3. The van der Waals surface area contributed by atoms with Crippen molar-refractivity contribution in [2.45, 2.75) is 24.9 Å². The number of anilines is 1. The number of nitrogens with zero attached hydrogens (tertiary/aromatic N) is 6. The summed E-state index contributed by atoms with van der Waals surface area (Å²) < 4.78 is 3.53. The second kappa shape index (κ2) is 9.23. The van der Waals surface area contributed by atoms with Crippen LogP contribution in [0.15, 0.2) is 46.5 Å². The van der Waals surface area contributed by atoms with E-state index in [-0.39, 0.29) is 28.8 Å². The van der Waals surface area contributed by atoms with Crippen molar-refractivity contribution in [2.24, 2.45) is 5.16 Å². The Morgan fingerprint density at radius 3 is 2.94 bits per heavy atom. The maximum absolute atomic E-state index is 13.0. The van der Waals surface area contributed by atoms with Crippen LogP contribution in [0.5, 0.6) is 0 Å². The molecule has 15 heteroatoms. The molecule has 5 heterocycles.